The lowest BCUT2D eigenvalue weighted by Gasteiger charge is -2.35. The van der Waals surface area contributed by atoms with E-state index in [-0.39, 0.29) is 17.8 Å². The molecule has 1 amide bonds. The first-order valence-electron chi connectivity index (χ1n) is 12.3. The molecule has 0 aliphatic heterocycles. The summed E-state index contributed by atoms with van der Waals surface area (Å²) in [6.45, 7) is 6.53. The van der Waals surface area contributed by atoms with E-state index in [2.05, 4.69) is 0 Å². The highest BCUT2D eigenvalue weighted by Crippen LogP contribution is 2.37. The largest absolute Gasteiger partial charge is 0.505 e. The lowest BCUT2D eigenvalue weighted by atomic mass is 9.80. The second-order valence-electron chi connectivity index (χ2n) is 9.79. The van der Waals surface area contributed by atoms with E-state index in [0.29, 0.717) is 34.6 Å². The third-order valence-electron chi connectivity index (χ3n) is 6.53. The van der Waals surface area contributed by atoms with Crippen molar-refractivity contribution in [3.8, 4) is 0 Å². The minimum absolute atomic E-state index is 0.196. The van der Waals surface area contributed by atoms with Gasteiger partial charge in [0.2, 0.25) is 6.29 Å². The van der Waals surface area contributed by atoms with Crippen LogP contribution in [-0.2, 0) is 18.8 Å². The van der Waals surface area contributed by atoms with Crippen LogP contribution in [0, 0.1) is 17.8 Å². The Morgan fingerprint density at radius 2 is 1.78 bits per heavy atom. The highest BCUT2D eigenvalue weighted by atomic mass is 35.5. The van der Waals surface area contributed by atoms with Gasteiger partial charge in [-0.15, -0.1) is 0 Å². The number of halogens is 2. The molecule has 11 heteroatoms. The Morgan fingerprint density at radius 3 is 2.39 bits per heavy atom. The van der Waals surface area contributed by atoms with Crippen molar-refractivity contribution >= 4 is 43.3 Å². The van der Waals surface area contributed by atoms with Crippen molar-refractivity contribution in [1.82, 2.24) is 4.90 Å². The Balaban J connectivity index is 2.14. The normalized spacial score (nSPS) is 20.9. The Labute approximate surface area is 224 Å². The summed E-state index contributed by atoms with van der Waals surface area (Å²) in [6.07, 6.45) is 1.80. The predicted molar refractivity (Wildman–Crippen MR) is 139 cm³/mol. The number of amides is 1. The van der Waals surface area contributed by atoms with Crippen LogP contribution in [-0.4, -0.2) is 45.6 Å². The summed E-state index contributed by atoms with van der Waals surface area (Å²) < 4.78 is 21.8. The highest BCUT2D eigenvalue weighted by molar-refractivity contribution is 7.38. The van der Waals surface area contributed by atoms with Crippen LogP contribution >= 0.6 is 31.2 Å². The zero-order valence-electron chi connectivity index (χ0n) is 21.2. The van der Waals surface area contributed by atoms with Crippen LogP contribution < -0.4 is 0 Å². The van der Waals surface area contributed by atoms with Gasteiger partial charge in [0.25, 0.3) is 0 Å². The van der Waals surface area contributed by atoms with Gasteiger partial charge < -0.3 is 14.6 Å². The van der Waals surface area contributed by atoms with E-state index >= 15 is 0 Å². The van der Waals surface area contributed by atoms with Gasteiger partial charge in [-0.3, -0.25) is 9.69 Å². The maximum Gasteiger partial charge on any atom is 0.505 e. The molecule has 0 radical (unpaired) electrons. The van der Waals surface area contributed by atoms with E-state index in [1.54, 1.807) is 39.0 Å². The Kier molecular flexibility index (Phi) is 12.4. The molecule has 1 fully saturated rings. The minimum atomic E-state index is -2.17. The summed E-state index contributed by atoms with van der Waals surface area (Å²) in [5.74, 6) is -0.401. The third kappa shape index (κ3) is 9.46. The summed E-state index contributed by atoms with van der Waals surface area (Å²) in [5.41, 5.74) is 0.650. The highest BCUT2D eigenvalue weighted by Gasteiger charge is 2.33. The summed E-state index contributed by atoms with van der Waals surface area (Å²) in [4.78, 5) is 35.5. The Hall–Kier alpha value is -1.44. The Bertz CT molecular complexity index is 916. The average Bonchev–Trinajstić information content (AvgIpc) is 2.79. The maximum atomic E-state index is 13.2. The molecule has 1 aliphatic rings. The second kappa shape index (κ2) is 14.5. The van der Waals surface area contributed by atoms with Gasteiger partial charge in [0, 0.05) is 12.8 Å². The molecule has 2 rings (SSSR count). The number of aliphatic hydroxyl groups excluding tert-OH is 1. The lowest BCUT2D eigenvalue weighted by Crippen LogP contribution is -2.44. The first-order valence-corrected chi connectivity index (χ1v) is 14.5. The van der Waals surface area contributed by atoms with Gasteiger partial charge in [0.1, 0.15) is 6.23 Å². The molecule has 0 heterocycles. The number of nitrogens with zero attached hydrogens (tertiary/aromatic N) is 1. The van der Waals surface area contributed by atoms with E-state index in [9.17, 15) is 24.2 Å². The fourth-order valence-electron chi connectivity index (χ4n) is 4.57. The third-order valence-corrected chi connectivity index (χ3v) is 8.10. The van der Waals surface area contributed by atoms with E-state index in [4.69, 9.17) is 32.7 Å². The molecule has 36 heavy (non-hydrogen) atoms. The van der Waals surface area contributed by atoms with Crippen LogP contribution in [0.2, 0.25) is 10.0 Å². The summed E-state index contributed by atoms with van der Waals surface area (Å²) >= 11 is 12.2. The monoisotopic (exact) mass is 564 g/mol. The maximum absolute atomic E-state index is 13.2. The molecule has 8 nitrogen and oxygen atoms in total. The molecule has 0 saturated heterocycles. The van der Waals surface area contributed by atoms with E-state index < -0.39 is 38.7 Å². The van der Waals surface area contributed by atoms with Crippen molar-refractivity contribution < 1.29 is 33.6 Å². The lowest BCUT2D eigenvalue weighted by molar-refractivity contribution is -0.171. The van der Waals surface area contributed by atoms with Crippen molar-refractivity contribution in [2.45, 2.75) is 84.8 Å². The van der Waals surface area contributed by atoms with Crippen molar-refractivity contribution in [1.29, 1.82) is 0 Å². The molecular weight excluding hydrogens is 528 g/mol. The van der Waals surface area contributed by atoms with E-state index in [1.807, 2.05) is 0 Å². The van der Waals surface area contributed by atoms with Gasteiger partial charge in [-0.2, -0.15) is 4.89 Å². The number of aliphatic hydroxyl groups is 1. The molecule has 6 atom stereocenters. The topological polar surface area (TPSA) is 113 Å². The summed E-state index contributed by atoms with van der Waals surface area (Å²) in [5, 5.41) is 11.8. The fourth-order valence-corrected chi connectivity index (χ4v) is 5.65. The van der Waals surface area contributed by atoms with Crippen LogP contribution in [0.5, 0.6) is 0 Å². The number of esters is 1. The SMILES string of the molecule is CC(OC(=O)C(C)C)OC(=O)N(C(O)CCC1CCCC(C[P+](=O)O)C1)[C@H](C)c1ccc(Cl)c(Cl)c1. The number of benzene rings is 1. The zero-order chi connectivity index (χ0) is 27.0. The standard InChI is InChI=1S/C25H36Cl2NO7P/c1-15(2)24(30)34-17(4)35-25(31)28(16(3)20-9-10-21(26)22(27)13-20)23(29)11-8-18-6-5-7-19(12-18)14-36(32)33/h9-10,13,15-19,23,29H,5-8,11-12,14H2,1-4H3/p+1/t16-,17?,18?,19?,23?/m1/s1. The van der Waals surface area contributed by atoms with Crippen molar-refractivity contribution in [2.24, 2.45) is 17.8 Å². The first-order chi connectivity index (χ1) is 16.9. The van der Waals surface area contributed by atoms with Gasteiger partial charge in [-0.25, -0.2) is 4.79 Å². The number of carbonyl (C=O) groups is 2. The van der Waals surface area contributed by atoms with Gasteiger partial charge in [0.05, 0.1) is 22.0 Å². The Morgan fingerprint density at radius 1 is 1.11 bits per heavy atom. The smallest absolute Gasteiger partial charge is 0.425 e. The van der Waals surface area contributed by atoms with Crippen molar-refractivity contribution in [3.05, 3.63) is 33.8 Å². The summed E-state index contributed by atoms with van der Waals surface area (Å²) in [7, 11) is -2.17. The van der Waals surface area contributed by atoms with Crippen LogP contribution in [0.25, 0.3) is 0 Å². The van der Waals surface area contributed by atoms with E-state index in [0.717, 1.165) is 25.7 Å². The van der Waals surface area contributed by atoms with Gasteiger partial charge in [-0.1, -0.05) is 56.0 Å². The minimum Gasteiger partial charge on any atom is -0.425 e. The second-order valence-corrected chi connectivity index (χ2v) is 11.7. The van der Waals surface area contributed by atoms with Crippen LogP contribution in [0.3, 0.4) is 0 Å². The number of hydrogen-bond donors (Lipinski definition) is 2. The zero-order valence-corrected chi connectivity index (χ0v) is 23.6. The number of hydrogen-bond acceptors (Lipinski definition) is 6. The fraction of sp³-hybridized carbons (Fsp3) is 0.680. The van der Waals surface area contributed by atoms with Gasteiger partial charge in [0.15, 0.2) is 6.16 Å². The molecule has 1 aromatic rings. The molecular formula is C25H37Cl2NO7P+. The van der Waals surface area contributed by atoms with Gasteiger partial charge in [-0.05, 0) is 60.8 Å². The number of rotatable bonds is 11. The molecule has 1 saturated carbocycles. The van der Waals surface area contributed by atoms with Crippen LogP contribution in [0.1, 0.15) is 77.8 Å². The van der Waals surface area contributed by atoms with E-state index in [1.165, 1.54) is 11.8 Å². The van der Waals surface area contributed by atoms with Crippen LogP contribution in [0.4, 0.5) is 4.79 Å². The summed E-state index contributed by atoms with van der Waals surface area (Å²) in [6, 6.07) is 4.35. The van der Waals surface area contributed by atoms with Crippen molar-refractivity contribution in [3.63, 3.8) is 0 Å². The molecule has 0 spiro atoms. The number of carbonyl (C=O) groups excluding carboxylic acids is 2. The molecule has 5 unspecified atom stereocenters. The average molecular weight is 565 g/mol. The molecule has 202 valence electrons. The van der Waals surface area contributed by atoms with Crippen LogP contribution in [0.15, 0.2) is 18.2 Å². The van der Waals surface area contributed by atoms with Gasteiger partial charge >= 0.3 is 20.1 Å². The molecule has 0 bridgehead atoms. The molecule has 0 aromatic heterocycles. The predicted octanol–water partition coefficient (Wildman–Crippen LogP) is 6.68. The molecule has 1 aromatic carbocycles. The van der Waals surface area contributed by atoms with Crippen molar-refractivity contribution in [2.75, 3.05) is 6.16 Å². The first kappa shape index (κ1) is 30.8. The quantitative estimate of drug-likeness (QED) is 0.175. The number of ether oxygens (including phenoxy) is 2. The molecule has 1 aliphatic carbocycles. The molecule has 2 N–H and O–H groups in total.